The summed E-state index contributed by atoms with van der Waals surface area (Å²) in [6, 6.07) is 15.4. The number of hydrogen-bond acceptors (Lipinski definition) is 6. The first-order valence-corrected chi connectivity index (χ1v) is 12.6. The highest BCUT2D eigenvalue weighted by molar-refractivity contribution is 6.30. The zero-order valence-electron chi connectivity index (χ0n) is 20.7. The van der Waals surface area contributed by atoms with Crippen molar-refractivity contribution in [1.82, 2.24) is 4.57 Å². The van der Waals surface area contributed by atoms with E-state index in [1.807, 2.05) is 48.5 Å². The summed E-state index contributed by atoms with van der Waals surface area (Å²) in [6.07, 6.45) is 0.987. The number of carbonyl (C=O) groups excluding carboxylic acids is 3. The summed E-state index contributed by atoms with van der Waals surface area (Å²) < 4.78 is 18.1. The third-order valence-electron chi connectivity index (χ3n) is 6.70. The maximum absolute atomic E-state index is 13.6. The highest BCUT2D eigenvalue weighted by Crippen LogP contribution is 2.51. The lowest BCUT2D eigenvalue weighted by Crippen LogP contribution is -2.53. The van der Waals surface area contributed by atoms with Crippen LogP contribution in [0.3, 0.4) is 0 Å². The summed E-state index contributed by atoms with van der Waals surface area (Å²) in [5.41, 5.74) is 1.43. The minimum absolute atomic E-state index is 0.00668. The number of nitrogens with zero attached hydrogens (tertiary/aromatic N) is 1. The van der Waals surface area contributed by atoms with E-state index in [1.165, 1.54) is 0 Å². The highest BCUT2D eigenvalue weighted by atomic mass is 35.5. The Morgan fingerprint density at radius 1 is 0.889 bits per heavy atom. The van der Waals surface area contributed by atoms with Crippen molar-refractivity contribution in [2.75, 3.05) is 19.8 Å². The van der Waals surface area contributed by atoms with E-state index < -0.39 is 29.2 Å². The average molecular weight is 512 g/mol. The molecule has 0 saturated heterocycles. The Morgan fingerprint density at radius 3 is 2.00 bits per heavy atom. The quantitative estimate of drug-likeness (QED) is 0.227. The van der Waals surface area contributed by atoms with E-state index in [0.717, 1.165) is 27.7 Å². The summed E-state index contributed by atoms with van der Waals surface area (Å²) in [6.45, 7) is 5.39. The van der Waals surface area contributed by atoms with Gasteiger partial charge in [0.05, 0.1) is 19.8 Å². The van der Waals surface area contributed by atoms with Gasteiger partial charge in [-0.25, -0.2) is 0 Å². The number of esters is 3. The van der Waals surface area contributed by atoms with Crippen LogP contribution in [0.4, 0.5) is 0 Å². The smallest absolute Gasteiger partial charge is 0.335 e. The first kappa shape index (κ1) is 25.8. The molecule has 0 unspecified atom stereocenters. The molecule has 7 nitrogen and oxygen atoms in total. The van der Waals surface area contributed by atoms with Gasteiger partial charge in [-0.15, -0.1) is 0 Å². The van der Waals surface area contributed by atoms with Crippen molar-refractivity contribution in [1.29, 1.82) is 0 Å². The summed E-state index contributed by atoms with van der Waals surface area (Å²) in [5.74, 6) is -3.64. The molecule has 0 spiro atoms. The molecule has 0 aliphatic heterocycles. The largest absolute Gasteiger partial charge is 0.465 e. The van der Waals surface area contributed by atoms with Crippen LogP contribution < -0.4 is 0 Å². The van der Waals surface area contributed by atoms with E-state index >= 15 is 0 Å². The lowest BCUT2D eigenvalue weighted by Gasteiger charge is -2.33. The van der Waals surface area contributed by atoms with Crippen molar-refractivity contribution in [2.24, 2.45) is 5.41 Å². The molecule has 36 heavy (non-hydrogen) atoms. The number of halogens is 1. The number of aromatic nitrogens is 1. The van der Waals surface area contributed by atoms with Gasteiger partial charge in [-0.1, -0.05) is 41.9 Å². The standard InChI is InChI=1S/C28H30ClNO6/c1-4-34-25(31)28(26(32)35-5-2,27(33)36-6-3)22-16-15-21-20-9-7-8-10-23(20)30(24(21)22)17-18-11-13-19(29)14-12-18/h7-14,22H,4-6,15-17H2,1-3H3/t22-/m0/s1. The predicted molar refractivity (Wildman–Crippen MR) is 136 cm³/mol. The van der Waals surface area contributed by atoms with Crippen LogP contribution >= 0.6 is 11.6 Å². The molecule has 0 radical (unpaired) electrons. The summed E-state index contributed by atoms with van der Waals surface area (Å²) >= 11 is 6.10. The van der Waals surface area contributed by atoms with Crippen LogP contribution in [-0.4, -0.2) is 42.3 Å². The van der Waals surface area contributed by atoms with E-state index in [1.54, 1.807) is 20.8 Å². The Kier molecular flexibility index (Phi) is 7.69. The molecule has 3 aromatic rings. The number of carbonyl (C=O) groups is 3. The maximum atomic E-state index is 13.6. The van der Waals surface area contributed by atoms with Gasteiger partial charge < -0.3 is 18.8 Å². The molecule has 1 aliphatic rings. The monoisotopic (exact) mass is 511 g/mol. The number of rotatable bonds is 9. The molecule has 1 atom stereocenters. The summed E-state index contributed by atoms with van der Waals surface area (Å²) in [7, 11) is 0. The van der Waals surface area contributed by atoms with Gasteiger partial charge in [0.15, 0.2) is 0 Å². The average Bonchev–Trinajstić information content (AvgIpc) is 3.42. The van der Waals surface area contributed by atoms with Crippen LogP contribution in [0.25, 0.3) is 10.9 Å². The number of hydrogen-bond donors (Lipinski definition) is 0. The van der Waals surface area contributed by atoms with Crippen LogP contribution in [0.15, 0.2) is 48.5 Å². The van der Waals surface area contributed by atoms with Gasteiger partial charge >= 0.3 is 17.9 Å². The number of benzene rings is 2. The minimum Gasteiger partial charge on any atom is -0.465 e. The Balaban J connectivity index is 1.97. The maximum Gasteiger partial charge on any atom is 0.335 e. The van der Waals surface area contributed by atoms with Crippen molar-refractivity contribution in [3.05, 3.63) is 70.4 Å². The van der Waals surface area contributed by atoms with Gasteiger partial charge in [0.25, 0.3) is 5.41 Å². The van der Waals surface area contributed by atoms with Crippen LogP contribution in [0.5, 0.6) is 0 Å². The number of ether oxygens (including phenoxy) is 3. The second-order valence-electron chi connectivity index (χ2n) is 8.65. The summed E-state index contributed by atoms with van der Waals surface area (Å²) in [5, 5.41) is 1.65. The fraction of sp³-hybridized carbons (Fsp3) is 0.393. The zero-order chi connectivity index (χ0) is 25.9. The van der Waals surface area contributed by atoms with Crippen molar-refractivity contribution in [3.63, 3.8) is 0 Å². The fourth-order valence-corrected chi connectivity index (χ4v) is 5.38. The van der Waals surface area contributed by atoms with Gasteiger partial charge in [-0.3, -0.25) is 14.4 Å². The van der Waals surface area contributed by atoms with Crippen LogP contribution in [0, 0.1) is 5.41 Å². The lowest BCUT2D eigenvalue weighted by molar-refractivity contribution is -0.186. The molecule has 0 fully saturated rings. The van der Waals surface area contributed by atoms with E-state index in [0.29, 0.717) is 24.4 Å². The van der Waals surface area contributed by atoms with Crippen LogP contribution in [0.1, 0.15) is 49.9 Å². The second kappa shape index (κ2) is 10.7. The molecule has 0 saturated carbocycles. The first-order valence-electron chi connectivity index (χ1n) is 12.3. The van der Waals surface area contributed by atoms with Gasteiger partial charge in [0, 0.05) is 34.1 Å². The Hall–Kier alpha value is -3.32. The second-order valence-corrected chi connectivity index (χ2v) is 9.09. The molecule has 1 aromatic heterocycles. The topological polar surface area (TPSA) is 83.8 Å². The SMILES string of the molecule is CCOC(=O)C(C(=O)OCC)(C(=O)OCC)[C@H]1CCc2c1n(Cc1ccc(Cl)cc1)c1ccccc21. The van der Waals surface area contributed by atoms with E-state index in [4.69, 9.17) is 25.8 Å². The van der Waals surface area contributed by atoms with E-state index in [9.17, 15) is 14.4 Å². The zero-order valence-corrected chi connectivity index (χ0v) is 21.5. The van der Waals surface area contributed by atoms with Crippen LogP contribution in [0.2, 0.25) is 5.02 Å². The molecule has 4 rings (SSSR count). The Labute approximate surface area is 215 Å². The highest BCUT2D eigenvalue weighted by Gasteiger charge is 2.65. The molecular weight excluding hydrogens is 482 g/mol. The fourth-order valence-electron chi connectivity index (χ4n) is 5.26. The molecule has 0 bridgehead atoms. The van der Waals surface area contributed by atoms with Crippen molar-refractivity contribution in [3.8, 4) is 0 Å². The third kappa shape index (κ3) is 4.26. The summed E-state index contributed by atoms with van der Waals surface area (Å²) in [4.78, 5) is 40.7. The number of fused-ring (bicyclic) bond motifs is 3. The van der Waals surface area contributed by atoms with Crippen molar-refractivity contribution >= 4 is 40.4 Å². The number of aryl methyl sites for hydroxylation is 1. The normalized spacial score (nSPS) is 14.9. The molecule has 190 valence electrons. The Bertz CT molecular complexity index is 1230. The van der Waals surface area contributed by atoms with Crippen LogP contribution in [-0.2, 0) is 41.6 Å². The van der Waals surface area contributed by atoms with E-state index in [-0.39, 0.29) is 19.8 Å². The van der Waals surface area contributed by atoms with Crippen molar-refractivity contribution < 1.29 is 28.6 Å². The van der Waals surface area contributed by atoms with Gasteiger partial charge in [-0.05, 0) is 62.9 Å². The van der Waals surface area contributed by atoms with Gasteiger partial charge in [-0.2, -0.15) is 0 Å². The third-order valence-corrected chi connectivity index (χ3v) is 6.95. The minimum atomic E-state index is -2.26. The molecule has 8 heteroatoms. The molecule has 0 N–H and O–H groups in total. The molecule has 1 aliphatic carbocycles. The van der Waals surface area contributed by atoms with Gasteiger partial charge in [0.1, 0.15) is 0 Å². The molecule has 1 heterocycles. The molecular formula is C28H30ClNO6. The molecule has 0 amide bonds. The van der Waals surface area contributed by atoms with E-state index in [2.05, 4.69) is 4.57 Å². The molecule has 2 aromatic carbocycles. The van der Waals surface area contributed by atoms with Gasteiger partial charge in [0.2, 0.25) is 0 Å². The van der Waals surface area contributed by atoms with Crippen molar-refractivity contribution in [2.45, 2.75) is 46.1 Å². The number of para-hydroxylation sites is 1. The first-order chi connectivity index (χ1) is 17.4. The predicted octanol–water partition coefficient (Wildman–Crippen LogP) is 5.05. The lowest BCUT2D eigenvalue weighted by atomic mass is 9.73. The Morgan fingerprint density at radius 2 is 1.44 bits per heavy atom.